The van der Waals surface area contributed by atoms with Crippen LogP contribution in [0.15, 0.2) is 42.5 Å². The van der Waals surface area contributed by atoms with Crippen molar-refractivity contribution >= 4 is 20.7 Å². The third-order valence-electron chi connectivity index (χ3n) is 3.94. The lowest BCUT2D eigenvalue weighted by atomic mass is 9.98. The monoisotopic (exact) mass is 348 g/mol. The minimum absolute atomic E-state index is 0.0140. The van der Waals surface area contributed by atoms with Crippen molar-refractivity contribution in [1.29, 1.82) is 0 Å². The Morgan fingerprint density at radius 3 is 2.46 bits per heavy atom. The highest BCUT2D eigenvalue weighted by Crippen LogP contribution is 2.23. The standard InChI is InChI=1S/C19H24O4S/c1-2-3-4-5-6-13-23-17-10-7-15(8-11-17)16-9-12-18(20)19(14-16)24(21)22/h7-12,14,18,20H,2-6,13H2,1H3. The number of rotatable bonds is 8. The van der Waals surface area contributed by atoms with Crippen LogP contribution >= 0.6 is 0 Å². The number of unbranched alkanes of at least 4 members (excludes halogenated alkanes) is 4. The van der Waals surface area contributed by atoms with Gasteiger partial charge in [-0.15, -0.1) is 0 Å². The van der Waals surface area contributed by atoms with E-state index in [0.717, 1.165) is 23.3 Å². The van der Waals surface area contributed by atoms with E-state index in [-0.39, 0.29) is 4.86 Å². The van der Waals surface area contributed by atoms with Crippen LogP contribution < -0.4 is 4.74 Å². The van der Waals surface area contributed by atoms with Crippen molar-refractivity contribution in [3.8, 4) is 5.75 Å². The lowest BCUT2D eigenvalue weighted by Gasteiger charge is -2.13. The van der Waals surface area contributed by atoms with Crippen molar-refractivity contribution in [3.63, 3.8) is 0 Å². The second-order valence-corrected chi connectivity index (χ2v) is 6.77. The summed E-state index contributed by atoms with van der Waals surface area (Å²) in [4.78, 5) is -0.0140. The summed E-state index contributed by atoms with van der Waals surface area (Å²) in [5.41, 5.74) is 1.64. The highest BCUT2D eigenvalue weighted by molar-refractivity contribution is 7.73. The summed E-state index contributed by atoms with van der Waals surface area (Å²) in [7, 11) is -2.42. The minimum atomic E-state index is -2.42. The van der Waals surface area contributed by atoms with Crippen molar-refractivity contribution in [1.82, 2.24) is 0 Å². The molecule has 1 aromatic rings. The van der Waals surface area contributed by atoms with Crippen LogP contribution in [0.3, 0.4) is 0 Å². The van der Waals surface area contributed by atoms with E-state index >= 15 is 0 Å². The SMILES string of the molecule is CCCCCCCOc1ccc(C2=CC(=S(=O)=O)C(O)C=C2)cc1. The van der Waals surface area contributed by atoms with Crippen LogP contribution in [0.1, 0.15) is 44.6 Å². The summed E-state index contributed by atoms with van der Waals surface area (Å²) >= 11 is 0. The highest BCUT2D eigenvalue weighted by atomic mass is 32.2. The Morgan fingerprint density at radius 2 is 1.79 bits per heavy atom. The number of aliphatic hydroxyl groups excluding tert-OH is 1. The van der Waals surface area contributed by atoms with Gasteiger partial charge in [-0.3, -0.25) is 0 Å². The first-order valence-corrected chi connectivity index (χ1v) is 9.46. The molecule has 0 bridgehead atoms. The van der Waals surface area contributed by atoms with Crippen LogP contribution in [0.25, 0.3) is 5.57 Å². The van der Waals surface area contributed by atoms with Crippen LogP contribution in [-0.2, 0) is 10.3 Å². The van der Waals surface area contributed by atoms with Crippen molar-refractivity contribution in [2.45, 2.75) is 45.1 Å². The zero-order valence-electron chi connectivity index (χ0n) is 13.9. The molecule has 24 heavy (non-hydrogen) atoms. The molecule has 0 saturated carbocycles. The summed E-state index contributed by atoms with van der Waals surface area (Å²) in [6, 6.07) is 7.56. The van der Waals surface area contributed by atoms with Gasteiger partial charge in [0.15, 0.2) is 0 Å². The summed E-state index contributed by atoms with van der Waals surface area (Å²) in [5.74, 6) is 0.811. The van der Waals surface area contributed by atoms with Gasteiger partial charge < -0.3 is 9.84 Å². The van der Waals surface area contributed by atoms with E-state index < -0.39 is 16.4 Å². The van der Waals surface area contributed by atoms with Gasteiger partial charge in [0.1, 0.15) is 16.7 Å². The van der Waals surface area contributed by atoms with Gasteiger partial charge in [0.05, 0.1) is 6.61 Å². The van der Waals surface area contributed by atoms with E-state index in [1.165, 1.54) is 37.8 Å². The Hall–Kier alpha value is -1.85. The predicted octanol–water partition coefficient (Wildman–Crippen LogP) is 3.40. The van der Waals surface area contributed by atoms with Crippen LogP contribution in [0.5, 0.6) is 5.75 Å². The molecule has 0 amide bonds. The topological polar surface area (TPSA) is 63.6 Å². The zero-order valence-corrected chi connectivity index (χ0v) is 14.8. The maximum absolute atomic E-state index is 11.1. The molecule has 1 unspecified atom stereocenters. The number of hydrogen-bond donors (Lipinski definition) is 1. The molecule has 130 valence electrons. The zero-order chi connectivity index (χ0) is 17.4. The fraction of sp³-hybridized carbons (Fsp3) is 0.421. The first kappa shape index (κ1) is 18.5. The van der Waals surface area contributed by atoms with Crippen LogP contribution in [0.2, 0.25) is 0 Å². The predicted molar refractivity (Wildman–Crippen MR) is 97.7 cm³/mol. The second-order valence-electron chi connectivity index (χ2n) is 5.83. The molecular weight excluding hydrogens is 324 g/mol. The largest absolute Gasteiger partial charge is 0.494 e. The van der Waals surface area contributed by atoms with Gasteiger partial charge in [0, 0.05) is 0 Å². The third kappa shape index (κ3) is 5.35. The Morgan fingerprint density at radius 1 is 1.08 bits per heavy atom. The van der Waals surface area contributed by atoms with E-state index in [2.05, 4.69) is 6.92 Å². The van der Waals surface area contributed by atoms with Crippen LogP contribution in [0, 0.1) is 0 Å². The molecule has 1 aliphatic carbocycles. The normalized spacial score (nSPS) is 16.8. The molecule has 5 heteroatoms. The first-order valence-electron chi connectivity index (χ1n) is 8.39. The van der Waals surface area contributed by atoms with Gasteiger partial charge in [0.2, 0.25) is 10.3 Å². The molecular formula is C19H24O4S. The van der Waals surface area contributed by atoms with Gasteiger partial charge in [-0.25, -0.2) is 0 Å². The molecule has 0 spiro atoms. The summed E-state index contributed by atoms with van der Waals surface area (Å²) in [6.45, 7) is 2.91. The van der Waals surface area contributed by atoms with Crippen LogP contribution in [-0.4, -0.2) is 31.1 Å². The van der Waals surface area contributed by atoms with E-state index in [4.69, 9.17) is 4.74 Å². The number of hydrogen-bond acceptors (Lipinski definition) is 4. The minimum Gasteiger partial charge on any atom is -0.494 e. The fourth-order valence-electron chi connectivity index (χ4n) is 2.54. The number of benzene rings is 1. The van der Waals surface area contributed by atoms with Gasteiger partial charge >= 0.3 is 0 Å². The maximum Gasteiger partial charge on any atom is 0.220 e. The fourth-order valence-corrected chi connectivity index (χ4v) is 3.04. The Labute approximate surface area is 145 Å². The number of aliphatic hydroxyl groups is 1. The van der Waals surface area contributed by atoms with Crippen molar-refractivity contribution in [3.05, 3.63) is 48.1 Å². The average molecular weight is 348 g/mol. The van der Waals surface area contributed by atoms with E-state index in [9.17, 15) is 13.5 Å². The number of ether oxygens (including phenoxy) is 1. The Kier molecular flexibility index (Phi) is 7.28. The molecule has 0 aliphatic heterocycles. The van der Waals surface area contributed by atoms with Crippen molar-refractivity contribution in [2.75, 3.05) is 6.61 Å². The van der Waals surface area contributed by atoms with E-state index in [1.54, 1.807) is 6.08 Å². The van der Waals surface area contributed by atoms with Crippen LogP contribution in [0.4, 0.5) is 0 Å². The Balaban J connectivity index is 1.94. The van der Waals surface area contributed by atoms with Crippen molar-refractivity contribution in [2.24, 2.45) is 0 Å². The van der Waals surface area contributed by atoms with E-state index in [1.807, 2.05) is 24.3 Å². The maximum atomic E-state index is 11.1. The lowest BCUT2D eigenvalue weighted by Crippen LogP contribution is -2.19. The summed E-state index contributed by atoms with van der Waals surface area (Å²) in [6.07, 6.45) is 9.65. The molecule has 0 fully saturated rings. The quantitative estimate of drug-likeness (QED) is 0.578. The molecule has 2 rings (SSSR count). The molecule has 1 aromatic carbocycles. The van der Waals surface area contributed by atoms with Gasteiger partial charge in [-0.2, -0.15) is 8.42 Å². The van der Waals surface area contributed by atoms with E-state index in [0.29, 0.717) is 6.61 Å². The molecule has 0 heterocycles. The van der Waals surface area contributed by atoms with Gasteiger partial charge in [-0.05, 0) is 35.8 Å². The molecule has 4 nitrogen and oxygen atoms in total. The summed E-state index contributed by atoms with van der Waals surface area (Å²) in [5, 5.41) is 9.64. The van der Waals surface area contributed by atoms with Gasteiger partial charge in [0.25, 0.3) is 0 Å². The van der Waals surface area contributed by atoms with Crippen molar-refractivity contribution < 1.29 is 18.3 Å². The molecule has 0 aromatic heterocycles. The molecule has 0 saturated heterocycles. The Bertz CT molecular complexity index is 719. The lowest BCUT2D eigenvalue weighted by molar-refractivity contribution is 0.291. The molecule has 0 radical (unpaired) electrons. The summed E-state index contributed by atoms with van der Waals surface area (Å²) < 4.78 is 27.9. The molecule has 1 N–H and O–H groups in total. The average Bonchev–Trinajstić information content (AvgIpc) is 2.59. The molecule has 1 aliphatic rings. The molecule has 1 atom stereocenters. The number of allylic oxidation sites excluding steroid dienone is 2. The van der Waals surface area contributed by atoms with Gasteiger partial charge in [-0.1, -0.05) is 56.9 Å². The first-order chi connectivity index (χ1) is 11.6. The third-order valence-corrected chi connectivity index (χ3v) is 4.69. The highest BCUT2D eigenvalue weighted by Gasteiger charge is 2.15. The smallest absolute Gasteiger partial charge is 0.220 e. The second kappa shape index (κ2) is 9.45.